The quantitative estimate of drug-likeness (QED) is 0.330. The van der Waals surface area contributed by atoms with Crippen LogP contribution in [0.5, 0.6) is 0 Å². The van der Waals surface area contributed by atoms with Gasteiger partial charge in [-0.3, -0.25) is 4.79 Å². The van der Waals surface area contributed by atoms with Crippen LogP contribution in [0, 0.1) is 0 Å². The first kappa shape index (κ1) is 19.7. The van der Waals surface area contributed by atoms with Gasteiger partial charge in [-0.2, -0.15) is 0 Å². The van der Waals surface area contributed by atoms with Crippen molar-refractivity contribution in [1.29, 1.82) is 0 Å². The van der Waals surface area contributed by atoms with Crippen molar-refractivity contribution in [3.8, 4) is 0 Å². The van der Waals surface area contributed by atoms with E-state index in [2.05, 4.69) is 56.3 Å². The molecule has 3 rings (SSSR count). The van der Waals surface area contributed by atoms with E-state index in [1.807, 2.05) is 0 Å². The molecule has 0 radical (unpaired) electrons. The minimum Gasteiger partial charge on any atom is -0.453 e. The molecule has 0 N–H and O–H groups in total. The van der Waals surface area contributed by atoms with Gasteiger partial charge in [-0.15, -0.1) is 0 Å². The number of carbonyl (C=O) groups is 1. The Kier molecular flexibility index (Phi) is 7.09. The van der Waals surface area contributed by atoms with Crippen LogP contribution in [-0.2, 0) is 16.0 Å². The van der Waals surface area contributed by atoms with Crippen molar-refractivity contribution in [2.24, 2.45) is 0 Å². The molecule has 0 fully saturated rings. The van der Waals surface area contributed by atoms with E-state index in [-0.39, 0.29) is 12.1 Å². The third-order valence-corrected chi connectivity index (χ3v) is 5.50. The van der Waals surface area contributed by atoms with E-state index < -0.39 is 0 Å². The van der Waals surface area contributed by atoms with E-state index in [4.69, 9.17) is 4.74 Å². The fourth-order valence-corrected chi connectivity index (χ4v) is 3.98. The van der Waals surface area contributed by atoms with Gasteiger partial charge in [-0.25, -0.2) is 0 Å². The van der Waals surface area contributed by atoms with Crippen LogP contribution >= 0.6 is 0 Å². The number of unbranched alkanes of at least 4 members (excludes halogenated alkanes) is 5. The Labute approximate surface area is 163 Å². The Morgan fingerprint density at radius 3 is 2.59 bits per heavy atom. The van der Waals surface area contributed by atoms with Crippen molar-refractivity contribution in [1.82, 2.24) is 0 Å². The molecule has 0 bridgehead atoms. The summed E-state index contributed by atoms with van der Waals surface area (Å²) < 4.78 is 5.81. The van der Waals surface area contributed by atoms with Gasteiger partial charge in [-0.05, 0) is 47.2 Å². The molecule has 0 aliphatic heterocycles. The van der Waals surface area contributed by atoms with E-state index in [9.17, 15) is 4.79 Å². The molecule has 0 spiro atoms. The highest BCUT2D eigenvalue weighted by molar-refractivity contribution is 5.97. The van der Waals surface area contributed by atoms with Crippen molar-refractivity contribution >= 4 is 22.8 Å². The summed E-state index contributed by atoms with van der Waals surface area (Å²) in [7, 11) is 0. The van der Waals surface area contributed by atoms with Crippen LogP contribution in [0.2, 0.25) is 0 Å². The molecule has 1 atom stereocenters. The lowest BCUT2D eigenvalue weighted by Crippen LogP contribution is -2.12. The summed E-state index contributed by atoms with van der Waals surface area (Å²) in [4.78, 5) is 12.2. The maximum atomic E-state index is 12.2. The maximum absolute atomic E-state index is 12.2. The molecule has 0 saturated heterocycles. The molecule has 144 valence electrons. The first-order chi connectivity index (χ1) is 13.2. The SMILES string of the molecule is CCCCCCc1ccc2cccc3c2c1C=CC3OC(=O)CCCCC. The topological polar surface area (TPSA) is 26.3 Å². The van der Waals surface area contributed by atoms with Gasteiger partial charge in [0.15, 0.2) is 0 Å². The molecule has 0 aromatic heterocycles. The Morgan fingerprint density at radius 2 is 1.78 bits per heavy atom. The van der Waals surface area contributed by atoms with Crippen LogP contribution in [0.1, 0.15) is 88.0 Å². The highest BCUT2D eigenvalue weighted by atomic mass is 16.5. The van der Waals surface area contributed by atoms with Gasteiger partial charge in [0.25, 0.3) is 0 Å². The standard InChI is InChI=1S/C25H32O2/c1-3-5-7-9-11-19-15-16-20-12-10-13-22-23(18-17-21(19)25(20)22)27-24(26)14-8-6-4-2/h10,12-13,15-18,23H,3-9,11,14H2,1-2H3. The van der Waals surface area contributed by atoms with Crippen LogP contribution in [-0.4, -0.2) is 5.97 Å². The largest absolute Gasteiger partial charge is 0.453 e. The smallest absolute Gasteiger partial charge is 0.306 e. The van der Waals surface area contributed by atoms with Crippen LogP contribution in [0.15, 0.2) is 36.4 Å². The molecule has 0 heterocycles. The summed E-state index contributed by atoms with van der Waals surface area (Å²) in [6, 6.07) is 10.8. The number of hydrogen-bond acceptors (Lipinski definition) is 2. The predicted octanol–water partition coefficient (Wildman–Crippen LogP) is 7.15. The zero-order chi connectivity index (χ0) is 19.1. The molecule has 2 aromatic rings. The Balaban J connectivity index is 1.80. The van der Waals surface area contributed by atoms with Gasteiger partial charge in [0, 0.05) is 12.0 Å². The fraction of sp³-hybridized carbons (Fsp3) is 0.480. The molecule has 27 heavy (non-hydrogen) atoms. The number of aryl methyl sites for hydroxylation is 1. The normalized spacial score (nSPS) is 15.3. The minimum absolute atomic E-state index is 0.0886. The van der Waals surface area contributed by atoms with Crippen LogP contribution in [0.3, 0.4) is 0 Å². The van der Waals surface area contributed by atoms with Crippen molar-refractivity contribution in [2.75, 3.05) is 0 Å². The van der Waals surface area contributed by atoms with Gasteiger partial charge < -0.3 is 4.74 Å². The third kappa shape index (κ3) is 4.80. The zero-order valence-electron chi connectivity index (χ0n) is 16.8. The van der Waals surface area contributed by atoms with Crippen molar-refractivity contribution in [3.05, 3.63) is 53.1 Å². The summed E-state index contributed by atoms with van der Waals surface area (Å²) in [5.41, 5.74) is 3.86. The molecule has 1 aliphatic carbocycles. The zero-order valence-corrected chi connectivity index (χ0v) is 16.8. The monoisotopic (exact) mass is 364 g/mol. The predicted molar refractivity (Wildman–Crippen MR) is 114 cm³/mol. The lowest BCUT2D eigenvalue weighted by atomic mass is 9.87. The van der Waals surface area contributed by atoms with Crippen LogP contribution < -0.4 is 0 Å². The lowest BCUT2D eigenvalue weighted by molar-refractivity contribution is -0.147. The number of benzene rings is 2. The van der Waals surface area contributed by atoms with E-state index in [1.165, 1.54) is 47.6 Å². The van der Waals surface area contributed by atoms with Crippen LogP contribution in [0.25, 0.3) is 16.8 Å². The first-order valence-electron chi connectivity index (χ1n) is 10.7. The number of rotatable bonds is 10. The summed E-state index contributed by atoms with van der Waals surface area (Å²) in [5.74, 6) is -0.0886. The number of esters is 1. The van der Waals surface area contributed by atoms with Gasteiger partial charge >= 0.3 is 5.97 Å². The third-order valence-electron chi connectivity index (χ3n) is 5.50. The molecular formula is C25H32O2. The van der Waals surface area contributed by atoms with E-state index in [0.29, 0.717) is 6.42 Å². The van der Waals surface area contributed by atoms with Crippen molar-refractivity contribution < 1.29 is 9.53 Å². The highest BCUT2D eigenvalue weighted by Gasteiger charge is 2.22. The maximum Gasteiger partial charge on any atom is 0.306 e. The highest BCUT2D eigenvalue weighted by Crippen LogP contribution is 2.37. The van der Waals surface area contributed by atoms with Gasteiger partial charge in [0.05, 0.1) is 0 Å². The molecule has 2 aromatic carbocycles. The molecule has 0 amide bonds. The van der Waals surface area contributed by atoms with Gasteiger partial charge in [0.2, 0.25) is 0 Å². The average Bonchev–Trinajstić information content (AvgIpc) is 2.68. The number of ether oxygens (including phenoxy) is 1. The van der Waals surface area contributed by atoms with Crippen molar-refractivity contribution in [3.63, 3.8) is 0 Å². The van der Waals surface area contributed by atoms with Gasteiger partial charge in [0.1, 0.15) is 6.10 Å². The minimum atomic E-state index is -0.259. The summed E-state index contributed by atoms with van der Waals surface area (Å²) in [5, 5.41) is 2.50. The Hall–Kier alpha value is -2.09. The molecule has 2 heteroatoms. The second kappa shape index (κ2) is 9.73. The van der Waals surface area contributed by atoms with Gasteiger partial charge in [-0.1, -0.05) is 82.4 Å². The Bertz CT molecular complexity index is 803. The van der Waals surface area contributed by atoms with E-state index in [0.717, 1.165) is 31.2 Å². The molecule has 1 unspecified atom stereocenters. The summed E-state index contributed by atoms with van der Waals surface area (Å²) in [6.07, 6.45) is 13.8. The van der Waals surface area contributed by atoms with E-state index >= 15 is 0 Å². The van der Waals surface area contributed by atoms with Crippen molar-refractivity contribution in [2.45, 2.75) is 77.7 Å². The lowest BCUT2D eigenvalue weighted by Gasteiger charge is -2.23. The second-order valence-corrected chi connectivity index (χ2v) is 7.62. The summed E-state index contributed by atoms with van der Waals surface area (Å²) >= 11 is 0. The molecule has 1 aliphatic rings. The fourth-order valence-electron chi connectivity index (χ4n) is 3.98. The Morgan fingerprint density at radius 1 is 0.963 bits per heavy atom. The summed E-state index contributed by atoms with van der Waals surface area (Å²) in [6.45, 7) is 4.39. The molecule has 0 saturated carbocycles. The van der Waals surface area contributed by atoms with Crippen LogP contribution in [0.4, 0.5) is 0 Å². The number of hydrogen-bond donors (Lipinski definition) is 0. The first-order valence-corrected chi connectivity index (χ1v) is 10.7. The average molecular weight is 365 g/mol. The van der Waals surface area contributed by atoms with E-state index in [1.54, 1.807) is 0 Å². The second-order valence-electron chi connectivity index (χ2n) is 7.62. The molecular weight excluding hydrogens is 332 g/mol. The molecule has 2 nitrogen and oxygen atoms in total. The number of carbonyl (C=O) groups excluding carboxylic acids is 1.